The first-order valence-corrected chi connectivity index (χ1v) is 5.16. The Morgan fingerprint density at radius 3 is 3.20 bits per heavy atom. The van der Waals surface area contributed by atoms with Gasteiger partial charge in [0, 0.05) is 18.3 Å². The number of hydrogen-bond donors (Lipinski definition) is 2. The third-order valence-electron chi connectivity index (χ3n) is 1.48. The van der Waals surface area contributed by atoms with Crippen LogP contribution in [-0.2, 0) is 0 Å². The highest BCUT2D eigenvalue weighted by atomic mass is 32.2. The molecule has 1 saturated heterocycles. The summed E-state index contributed by atoms with van der Waals surface area (Å²) in [7, 11) is 0. The molecule has 1 aliphatic heterocycles. The van der Waals surface area contributed by atoms with Crippen molar-refractivity contribution in [2.75, 3.05) is 18.6 Å². The molecule has 0 aromatic carbocycles. The van der Waals surface area contributed by atoms with Gasteiger partial charge in [-0.2, -0.15) is 11.8 Å². The van der Waals surface area contributed by atoms with E-state index < -0.39 is 0 Å². The summed E-state index contributed by atoms with van der Waals surface area (Å²) in [5, 5.41) is 7.11. The summed E-state index contributed by atoms with van der Waals surface area (Å²) in [5.41, 5.74) is 0. The van der Waals surface area contributed by atoms with Crippen molar-refractivity contribution < 1.29 is 0 Å². The van der Waals surface area contributed by atoms with Crippen molar-refractivity contribution in [3.63, 3.8) is 0 Å². The van der Waals surface area contributed by atoms with Crippen molar-refractivity contribution in [2.45, 2.75) is 12.5 Å². The minimum atomic E-state index is 0.587. The molecule has 1 atom stereocenters. The highest BCUT2D eigenvalue weighted by molar-refractivity contribution is 7.98. The molecule has 0 aromatic rings. The van der Waals surface area contributed by atoms with Gasteiger partial charge >= 0.3 is 0 Å². The van der Waals surface area contributed by atoms with Crippen LogP contribution in [0.3, 0.4) is 0 Å². The SMILES string of the molecule is CSC[C@H]1CCNC(=S)N1. The Morgan fingerprint density at radius 1 is 1.80 bits per heavy atom. The maximum atomic E-state index is 4.97. The van der Waals surface area contributed by atoms with Crippen molar-refractivity contribution in [3.8, 4) is 0 Å². The molecule has 0 aromatic heterocycles. The van der Waals surface area contributed by atoms with Gasteiger partial charge in [0.15, 0.2) is 5.11 Å². The van der Waals surface area contributed by atoms with Crippen LogP contribution in [0, 0.1) is 0 Å². The van der Waals surface area contributed by atoms with E-state index in [1.165, 1.54) is 6.42 Å². The first kappa shape index (κ1) is 8.14. The van der Waals surface area contributed by atoms with Crippen LogP contribution in [0.2, 0.25) is 0 Å². The molecule has 0 saturated carbocycles. The quantitative estimate of drug-likeness (QED) is 0.601. The maximum Gasteiger partial charge on any atom is 0.166 e. The predicted molar refractivity (Wildman–Crippen MR) is 50.5 cm³/mol. The molecule has 1 fully saturated rings. The summed E-state index contributed by atoms with van der Waals surface area (Å²) in [4.78, 5) is 0. The molecule has 1 heterocycles. The number of hydrogen-bond acceptors (Lipinski definition) is 2. The third kappa shape index (κ3) is 2.34. The number of nitrogens with one attached hydrogen (secondary N) is 2. The Hall–Kier alpha value is 0.0400. The Labute approximate surface area is 71.1 Å². The molecule has 1 rings (SSSR count). The first-order chi connectivity index (χ1) is 4.83. The fourth-order valence-electron chi connectivity index (χ4n) is 0.995. The van der Waals surface area contributed by atoms with Gasteiger partial charge in [0.2, 0.25) is 0 Å². The highest BCUT2D eigenvalue weighted by Gasteiger charge is 2.13. The smallest absolute Gasteiger partial charge is 0.166 e. The lowest BCUT2D eigenvalue weighted by Crippen LogP contribution is -2.49. The standard InChI is InChI=1S/C6H12N2S2/c1-10-4-5-2-3-7-6(9)8-5/h5H,2-4H2,1H3,(H2,7,8,9)/t5-/m1/s1. The molecule has 2 nitrogen and oxygen atoms in total. The molecule has 2 N–H and O–H groups in total. The molecule has 0 unspecified atom stereocenters. The fraction of sp³-hybridized carbons (Fsp3) is 0.833. The van der Waals surface area contributed by atoms with E-state index in [1.807, 2.05) is 11.8 Å². The fourth-order valence-corrected chi connectivity index (χ4v) is 1.92. The van der Waals surface area contributed by atoms with Crippen LogP contribution in [-0.4, -0.2) is 29.7 Å². The zero-order valence-electron chi connectivity index (χ0n) is 6.02. The van der Waals surface area contributed by atoms with Gasteiger partial charge < -0.3 is 10.6 Å². The van der Waals surface area contributed by atoms with E-state index in [2.05, 4.69) is 16.9 Å². The third-order valence-corrected chi connectivity index (χ3v) is 2.48. The van der Waals surface area contributed by atoms with Gasteiger partial charge in [-0.25, -0.2) is 0 Å². The minimum Gasteiger partial charge on any atom is -0.363 e. The van der Waals surface area contributed by atoms with Crippen molar-refractivity contribution in [2.24, 2.45) is 0 Å². The normalized spacial score (nSPS) is 25.3. The van der Waals surface area contributed by atoms with Gasteiger partial charge in [-0.1, -0.05) is 0 Å². The molecule has 0 spiro atoms. The molecule has 0 bridgehead atoms. The van der Waals surface area contributed by atoms with Crippen LogP contribution in [0.15, 0.2) is 0 Å². The Morgan fingerprint density at radius 2 is 2.60 bits per heavy atom. The Bertz CT molecular complexity index is 125. The highest BCUT2D eigenvalue weighted by Crippen LogP contribution is 2.03. The van der Waals surface area contributed by atoms with E-state index in [0.29, 0.717) is 6.04 Å². The van der Waals surface area contributed by atoms with E-state index in [4.69, 9.17) is 12.2 Å². The minimum absolute atomic E-state index is 0.587. The summed E-state index contributed by atoms with van der Waals surface area (Å²) in [6.07, 6.45) is 3.30. The van der Waals surface area contributed by atoms with E-state index in [0.717, 1.165) is 17.4 Å². The lowest BCUT2D eigenvalue weighted by atomic mass is 10.2. The maximum absolute atomic E-state index is 4.97. The summed E-state index contributed by atoms with van der Waals surface area (Å²) < 4.78 is 0. The molecule has 10 heavy (non-hydrogen) atoms. The van der Waals surface area contributed by atoms with Crippen LogP contribution in [0.4, 0.5) is 0 Å². The topological polar surface area (TPSA) is 24.1 Å². The lowest BCUT2D eigenvalue weighted by Gasteiger charge is -2.25. The molecule has 0 amide bonds. The van der Waals surface area contributed by atoms with Gasteiger partial charge in [0.1, 0.15) is 0 Å². The van der Waals surface area contributed by atoms with Gasteiger partial charge in [-0.15, -0.1) is 0 Å². The molecule has 58 valence electrons. The molecule has 1 aliphatic rings. The number of thioether (sulfide) groups is 1. The Balaban J connectivity index is 2.25. The second-order valence-corrected chi connectivity index (χ2v) is 3.66. The zero-order valence-corrected chi connectivity index (χ0v) is 7.65. The lowest BCUT2D eigenvalue weighted by molar-refractivity contribution is 0.558. The van der Waals surface area contributed by atoms with E-state index >= 15 is 0 Å². The summed E-state index contributed by atoms with van der Waals surface area (Å²) in [6.45, 7) is 1.02. The largest absolute Gasteiger partial charge is 0.363 e. The average molecular weight is 176 g/mol. The van der Waals surface area contributed by atoms with Crippen LogP contribution >= 0.6 is 24.0 Å². The second kappa shape index (κ2) is 4.03. The molecule has 0 aliphatic carbocycles. The van der Waals surface area contributed by atoms with Gasteiger partial charge in [-0.3, -0.25) is 0 Å². The van der Waals surface area contributed by atoms with Gasteiger partial charge in [0.25, 0.3) is 0 Å². The number of rotatable bonds is 2. The van der Waals surface area contributed by atoms with Crippen molar-refractivity contribution in [1.82, 2.24) is 10.6 Å². The predicted octanol–water partition coefficient (Wildman–Crippen LogP) is 0.586. The van der Waals surface area contributed by atoms with Gasteiger partial charge in [0.05, 0.1) is 0 Å². The van der Waals surface area contributed by atoms with Crippen LogP contribution in [0.1, 0.15) is 6.42 Å². The zero-order chi connectivity index (χ0) is 7.40. The molecule has 4 heteroatoms. The van der Waals surface area contributed by atoms with Gasteiger partial charge in [-0.05, 0) is 24.9 Å². The second-order valence-electron chi connectivity index (χ2n) is 2.34. The van der Waals surface area contributed by atoms with E-state index in [1.54, 1.807) is 0 Å². The van der Waals surface area contributed by atoms with Crippen LogP contribution in [0.25, 0.3) is 0 Å². The van der Waals surface area contributed by atoms with Crippen LogP contribution < -0.4 is 10.6 Å². The van der Waals surface area contributed by atoms with Crippen molar-refractivity contribution in [1.29, 1.82) is 0 Å². The van der Waals surface area contributed by atoms with E-state index in [-0.39, 0.29) is 0 Å². The average Bonchev–Trinajstić information content (AvgIpc) is 1.88. The van der Waals surface area contributed by atoms with E-state index in [9.17, 15) is 0 Å². The monoisotopic (exact) mass is 176 g/mol. The Kier molecular flexibility index (Phi) is 3.28. The number of thiocarbonyl (C=S) groups is 1. The molecular formula is C6H12N2S2. The molecule has 0 radical (unpaired) electrons. The van der Waals surface area contributed by atoms with Crippen molar-refractivity contribution >= 4 is 29.1 Å². The van der Waals surface area contributed by atoms with Crippen LogP contribution in [0.5, 0.6) is 0 Å². The molecular weight excluding hydrogens is 164 g/mol. The summed E-state index contributed by atoms with van der Waals surface area (Å²) in [6, 6.07) is 0.587. The first-order valence-electron chi connectivity index (χ1n) is 3.36. The van der Waals surface area contributed by atoms with Crippen molar-refractivity contribution in [3.05, 3.63) is 0 Å². The summed E-state index contributed by atoms with van der Waals surface area (Å²) in [5.74, 6) is 1.15. The summed E-state index contributed by atoms with van der Waals surface area (Å²) >= 11 is 6.83.